The van der Waals surface area contributed by atoms with E-state index in [4.69, 9.17) is 0 Å². The summed E-state index contributed by atoms with van der Waals surface area (Å²) in [4.78, 5) is 25.0. The Balaban J connectivity index is 2.21. The molecule has 0 aromatic heterocycles. The van der Waals surface area contributed by atoms with Crippen LogP contribution in [0.25, 0.3) is 0 Å². The van der Waals surface area contributed by atoms with Crippen LogP contribution in [0.15, 0.2) is 22.7 Å². The third kappa shape index (κ3) is 5.11. The Morgan fingerprint density at radius 3 is 2.35 bits per heavy atom. The fourth-order valence-corrected chi connectivity index (χ4v) is 6.95. The quantitative estimate of drug-likeness (QED) is 0.627. The van der Waals surface area contributed by atoms with Crippen LogP contribution in [-0.4, -0.2) is 64.2 Å². The number of thioether (sulfide) groups is 1. The maximum Gasteiger partial charge on any atom is 0.245 e. The van der Waals surface area contributed by atoms with E-state index in [-0.39, 0.29) is 22.6 Å². The average Bonchev–Trinajstić information content (AvgIpc) is 2.84. The lowest BCUT2D eigenvalue weighted by atomic mass is 10.3. The van der Waals surface area contributed by atoms with Gasteiger partial charge < -0.3 is 10.2 Å². The summed E-state index contributed by atoms with van der Waals surface area (Å²) in [6, 6.07) is 4.03. The van der Waals surface area contributed by atoms with Gasteiger partial charge in [-0.15, -0.1) is 11.8 Å². The highest BCUT2D eigenvalue weighted by atomic mass is 79.9. The van der Waals surface area contributed by atoms with Crippen molar-refractivity contribution in [3.8, 4) is 0 Å². The van der Waals surface area contributed by atoms with Gasteiger partial charge in [0, 0.05) is 10.2 Å². The molecule has 1 aliphatic rings. The first-order valence-corrected chi connectivity index (χ1v) is 12.7. The number of nitrogens with one attached hydrogen (secondary N) is 1. The topological polar surface area (TPSA) is 121 Å². The Kier molecular flexibility index (Phi) is 6.25. The molecule has 1 N–H and O–H groups in total. The highest BCUT2D eigenvalue weighted by Gasteiger charge is 2.29. The van der Waals surface area contributed by atoms with Crippen LogP contribution < -0.4 is 9.03 Å². The van der Waals surface area contributed by atoms with Gasteiger partial charge in [-0.05, 0) is 34.1 Å². The molecule has 144 valence electrons. The molecule has 13 heteroatoms. The van der Waals surface area contributed by atoms with Crippen molar-refractivity contribution in [2.45, 2.75) is 0 Å². The number of carbonyl (C=O) groups is 2. The Morgan fingerprint density at radius 2 is 1.88 bits per heavy atom. The molecule has 0 atom stereocenters. The van der Waals surface area contributed by atoms with Crippen LogP contribution >= 0.6 is 27.7 Å². The van der Waals surface area contributed by atoms with Crippen LogP contribution in [-0.2, 0) is 29.6 Å². The van der Waals surface area contributed by atoms with Gasteiger partial charge in [0.05, 0.1) is 29.8 Å². The van der Waals surface area contributed by atoms with E-state index in [1.54, 1.807) is 0 Å². The molecule has 0 bridgehead atoms. The lowest BCUT2D eigenvalue weighted by Gasteiger charge is -2.21. The van der Waals surface area contributed by atoms with Gasteiger partial charge in [-0.2, -0.15) is 3.71 Å². The SMILES string of the molecule is CS(=O)(=O)N(c1ccc(NC(=O)CN2CSCC2=O)cc1Br)S(C)(=O)=O. The number of nitrogens with zero attached hydrogens (tertiary/aromatic N) is 2. The van der Waals surface area contributed by atoms with Gasteiger partial charge in [-0.1, -0.05) is 0 Å². The van der Waals surface area contributed by atoms with Crippen LogP contribution in [0.5, 0.6) is 0 Å². The summed E-state index contributed by atoms with van der Waals surface area (Å²) in [5.74, 6) is 0.273. The molecule has 0 saturated carbocycles. The lowest BCUT2D eigenvalue weighted by Crippen LogP contribution is -2.35. The molecule has 1 aliphatic heterocycles. The number of anilines is 2. The lowest BCUT2D eigenvalue weighted by molar-refractivity contribution is -0.130. The predicted molar refractivity (Wildman–Crippen MR) is 104 cm³/mol. The second kappa shape index (κ2) is 7.74. The highest BCUT2D eigenvalue weighted by molar-refractivity contribution is 9.10. The maximum absolute atomic E-state index is 12.0. The molecule has 1 aromatic rings. The molecule has 9 nitrogen and oxygen atoms in total. The van der Waals surface area contributed by atoms with Crippen molar-refractivity contribution in [3.63, 3.8) is 0 Å². The van der Waals surface area contributed by atoms with Crippen molar-refractivity contribution < 1.29 is 26.4 Å². The van der Waals surface area contributed by atoms with Crippen LogP contribution in [0, 0.1) is 0 Å². The number of rotatable bonds is 6. The summed E-state index contributed by atoms with van der Waals surface area (Å²) in [6.45, 7) is -0.0932. The van der Waals surface area contributed by atoms with E-state index in [1.807, 2.05) is 0 Å². The molecular weight excluding hydrogens is 470 g/mol. The zero-order valence-corrected chi connectivity index (χ0v) is 17.8. The standard InChI is InChI=1S/C13H16BrN3O6S3/c1-25(20,21)17(26(2,22)23)11-4-3-9(5-10(11)14)15-12(18)6-16-8-24-7-13(16)19/h3-5H,6-8H2,1-2H3,(H,15,18). The summed E-state index contributed by atoms with van der Waals surface area (Å²) < 4.78 is 47.8. The number of sulfonamides is 2. The van der Waals surface area contributed by atoms with Crippen molar-refractivity contribution in [2.75, 3.05) is 39.7 Å². The molecule has 1 aromatic carbocycles. The van der Waals surface area contributed by atoms with Gasteiger partial charge in [0.1, 0.15) is 6.54 Å². The summed E-state index contributed by atoms with van der Waals surface area (Å²) in [5, 5.41) is 2.58. The van der Waals surface area contributed by atoms with Gasteiger partial charge in [-0.25, -0.2) is 16.8 Å². The number of carbonyl (C=O) groups excluding carboxylic acids is 2. The molecule has 0 unspecified atom stereocenters. The zero-order valence-electron chi connectivity index (χ0n) is 13.8. The molecule has 2 rings (SSSR count). The second-order valence-electron chi connectivity index (χ2n) is 5.51. The molecule has 2 amide bonds. The van der Waals surface area contributed by atoms with Gasteiger partial charge in [0.25, 0.3) is 0 Å². The third-order valence-electron chi connectivity index (χ3n) is 3.19. The number of benzene rings is 1. The van der Waals surface area contributed by atoms with Crippen molar-refractivity contribution in [3.05, 3.63) is 22.7 Å². The van der Waals surface area contributed by atoms with Gasteiger partial charge >= 0.3 is 0 Å². The summed E-state index contributed by atoms with van der Waals surface area (Å²) in [6.07, 6.45) is 1.56. The molecule has 0 spiro atoms. The van der Waals surface area contributed by atoms with Crippen LogP contribution in [0.3, 0.4) is 0 Å². The normalized spacial score (nSPS) is 15.2. The van der Waals surface area contributed by atoms with E-state index < -0.39 is 26.0 Å². The molecule has 1 fully saturated rings. The number of amides is 2. The molecule has 26 heavy (non-hydrogen) atoms. The number of hydrogen-bond donors (Lipinski definition) is 1. The summed E-state index contributed by atoms with van der Waals surface area (Å²) in [7, 11) is -8.15. The fraction of sp³-hybridized carbons (Fsp3) is 0.385. The van der Waals surface area contributed by atoms with Crippen molar-refractivity contribution >= 4 is 70.9 Å². The van der Waals surface area contributed by atoms with Crippen molar-refractivity contribution in [2.24, 2.45) is 0 Å². The summed E-state index contributed by atoms with van der Waals surface area (Å²) >= 11 is 4.55. The van der Waals surface area contributed by atoms with E-state index >= 15 is 0 Å². The average molecular weight is 486 g/mol. The minimum absolute atomic E-state index is 0.0932. The third-order valence-corrected chi connectivity index (χ3v) is 7.99. The molecular formula is C13H16BrN3O6S3. The first-order chi connectivity index (χ1) is 11.9. The Labute approximate surface area is 164 Å². The van der Waals surface area contributed by atoms with Crippen LogP contribution in [0.4, 0.5) is 11.4 Å². The highest BCUT2D eigenvalue weighted by Crippen LogP contribution is 2.32. The van der Waals surface area contributed by atoms with Crippen molar-refractivity contribution in [1.29, 1.82) is 0 Å². The predicted octanol–water partition coefficient (Wildman–Crippen LogP) is 0.646. The van der Waals surface area contributed by atoms with E-state index in [9.17, 15) is 26.4 Å². The zero-order chi connectivity index (χ0) is 19.7. The largest absolute Gasteiger partial charge is 0.325 e. The monoisotopic (exact) mass is 485 g/mol. The van der Waals surface area contributed by atoms with E-state index in [0.717, 1.165) is 12.5 Å². The van der Waals surface area contributed by atoms with E-state index in [2.05, 4.69) is 21.2 Å². The van der Waals surface area contributed by atoms with E-state index in [1.165, 1.54) is 34.9 Å². The molecule has 0 aliphatic carbocycles. The van der Waals surface area contributed by atoms with Gasteiger partial charge in [0.15, 0.2) is 0 Å². The van der Waals surface area contributed by atoms with Crippen LogP contribution in [0.2, 0.25) is 0 Å². The van der Waals surface area contributed by atoms with Gasteiger partial charge in [-0.3, -0.25) is 9.59 Å². The maximum atomic E-state index is 12.0. The van der Waals surface area contributed by atoms with Crippen LogP contribution in [0.1, 0.15) is 0 Å². The minimum atomic E-state index is -4.07. The smallest absolute Gasteiger partial charge is 0.245 e. The first kappa shape index (κ1) is 21.0. The Bertz CT molecular complexity index is 916. The molecule has 0 radical (unpaired) electrons. The first-order valence-electron chi connectivity index (χ1n) is 7.05. The van der Waals surface area contributed by atoms with Crippen molar-refractivity contribution in [1.82, 2.24) is 4.90 Å². The van der Waals surface area contributed by atoms with Gasteiger partial charge in [0.2, 0.25) is 31.9 Å². The Morgan fingerprint density at radius 1 is 1.27 bits per heavy atom. The molecule has 1 saturated heterocycles. The number of hydrogen-bond acceptors (Lipinski definition) is 7. The molecule has 1 heterocycles. The van der Waals surface area contributed by atoms with E-state index in [0.29, 0.717) is 21.0 Å². The minimum Gasteiger partial charge on any atom is -0.325 e. The Hall–Kier alpha value is -1.31. The fourth-order valence-electron chi connectivity index (χ4n) is 2.25. The summed E-state index contributed by atoms with van der Waals surface area (Å²) in [5.41, 5.74) is 0.228. The second-order valence-corrected chi connectivity index (χ2v) is 11.2. The number of halogens is 1.